The van der Waals surface area contributed by atoms with Gasteiger partial charge in [-0.1, -0.05) is 41.4 Å². The first-order valence-electron chi connectivity index (χ1n) is 9.76. The van der Waals surface area contributed by atoms with E-state index in [9.17, 15) is 23.3 Å². The Morgan fingerprint density at radius 1 is 1.22 bits per heavy atom. The number of nitro benzene ring substituents is 1. The molecule has 0 spiro atoms. The van der Waals surface area contributed by atoms with E-state index in [4.69, 9.17) is 11.6 Å². The third-order valence-corrected chi connectivity index (χ3v) is 7.49. The zero-order chi connectivity index (χ0) is 23.0. The molecule has 0 saturated heterocycles. The Balaban J connectivity index is 1.61. The minimum Gasteiger partial charge on any atom is -0.310 e. The highest BCUT2D eigenvalue weighted by Crippen LogP contribution is 2.30. The van der Waals surface area contributed by atoms with Crippen LogP contribution in [-0.2, 0) is 29.4 Å². The van der Waals surface area contributed by atoms with E-state index in [-0.39, 0.29) is 40.6 Å². The van der Waals surface area contributed by atoms with Gasteiger partial charge in [0.1, 0.15) is 10.8 Å². The number of sulfonamides is 1. The van der Waals surface area contributed by atoms with Gasteiger partial charge in [-0.05, 0) is 24.6 Å². The fourth-order valence-corrected chi connectivity index (χ4v) is 5.20. The summed E-state index contributed by atoms with van der Waals surface area (Å²) in [5, 5.41) is 11.0. The number of hydrogen-bond acceptors (Lipinski definition) is 6. The van der Waals surface area contributed by atoms with Crippen LogP contribution in [0.25, 0.3) is 0 Å². The number of H-pyrrole nitrogens is 1. The van der Waals surface area contributed by atoms with E-state index >= 15 is 0 Å². The summed E-state index contributed by atoms with van der Waals surface area (Å²) >= 11 is 5.79. The van der Waals surface area contributed by atoms with Crippen molar-refractivity contribution in [3.63, 3.8) is 0 Å². The Bertz CT molecular complexity index is 1370. The van der Waals surface area contributed by atoms with Crippen molar-refractivity contribution < 1.29 is 13.3 Å². The zero-order valence-corrected chi connectivity index (χ0v) is 18.6. The van der Waals surface area contributed by atoms with Gasteiger partial charge in [0.2, 0.25) is 10.0 Å². The average molecular weight is 475 g/mol. The summed E-state index contributed by atoms with van der Waals surface area (Å²) in [6, 6.07) is 11.2. The van der Waals surface area contributed by atoms with Crippen molar-refractivity contribution in [3.05, 3.63) is 96.2 Å². The summed E-state index contributed by atoms with van der Waals surface area (Å²) in [6.45, 7) is 1.93. The minimum absolute atomic E-state index is 0.103. The first-order valence-corrected chi connectivity index (χ1v) is 11.6. The number of aryl methyl sites for hydroxylation is 1. The molecule has 3 aromatic rings. The smallest absolute Gasteiger partial charge is 0.289 e. The summed E-state index contributed by atoms with van der Waals surface area (Å²) in [5.74, 6) is 0.516. The lowest BCUT2D eigenvalue weighted by atomic mass is 10.1. The summed E-state index contributed by atoms with van der Waals surface area (Å²) in [7, 11) is -4.07. The first kappa shape index (κ1) is 22.1. The Hall–Kier alpha value is -3.08. The van der Waals surface area contributed by atoms with Crippen LogP contribution < -0.4 is 5.56 Å². The lowest BCUT2D eigenvalue weighted by molar-refractivity contribution is -0.384. The van der Waals surface area contributed by atoms with E-state index in [0.717, 1.165) is 21.5 Å². The van der Waals surface area contributed by atoms with Gasteiger partial charge in [-0.25, -0.2) is 13.4 Å². The molecule has 0 fully saturated rings. The van der Waals surface area contributed by atoms with Crippen molar-refractivity contribution >= 4 is 27.3 Å². The molecule has 166 valence electrons. The molecule has 1 N–H and O–H groups in total. The number of aromatic amines is 1. The minimum atomic E-state index is -4.07. The standard InChI is InChI=1S/C21H19ClN4O5S/c1-13-2-4-14(5-3-13)10-20-23-18-8-9-25(12-16(18)21(27)24-20)32(30,31)15-6-7-17(22)19(11-15)26(28)29/h2-7,11H,8-10,12H2,1H3,(H,23,24,27). The van der Waals surface area contributed by atoms with Gasteiger partial charge in [0.15, 0.2) is 0 Å². The van der Waals surface area contributed by atoms with E-state index in [1.807, 2.05) is 31.2 Å². The molecule has 0 saturated carbocycles. The highest BCUT2D eigenvalue weighted by atomic mass is 35.5. The molecule has 0 unspecified atom stereocenters. The van der Waals surface area contributed by atoms with Crippen LogP contribution in [-0.4, -0.2) is 34.2 Å². The molecular weight excluding hydrogens is 456 g/mol. The highest BCUT2D eigenvalue weighted by molar-refractivity contribution is 7.89. The number of halogens is 1. The second kappa shape index (κ2) is 8.45. The molecule has 9 nitrogen and oxygen atoms in total. The van der Waals surface area contributed by atoms with Gasteiger partial charge >= 0.3 is 0 Å². The predicted molar refractivity (Wildman–Crippen MR) is 118 cm³/mol. The monoisotopic (exact) mass is 474 g/mol. The third kappa shape index (κ3) is 4.29. The molecule has 1 aromatic heterocycles. The first-order chi connectivity index (χ1) is 15.1. The Morgan fingerprint density at radius 3 is 2.62 bits per heavy atom. The molecule has 0 bridgehead atoms. The lowest BCUT2D eigenvalue weighted by Gasteiger charge is -2.27. The van der Waals surface area contributed by atoms with Crippen LogP contribution in [0.15, 0.2) is 52.2 Å². The maximum Gasteiger partial charge on any atom is 0.289 e. The number of nitro groups is 1. The van der Waals surface area contributed by atoms with E-state index in [2.05, 4.69) is 9.97 Å². The van der Waals surface area contributed by atoms with E-state index in [1.165, 1.54) is 12.1 Å². The summed E-state index contributed by atoms with van der Waals surface area (Å²) in [5.41, 5.74) is 2.08. The zero-order valence-electron chi connectivity index (χ0n) is 17.0. The van der Waals surface area contributed by atoms with Crippen molar-refractivity contribution in [2.24, 2.45) is 0 Å². The Labute approximate surface area is 188 Å². The van der Waals surface area contributed by atoms with Crippen molar-refractivity contribution in [1.82, 2.24) is 14.3 Å². The predicted octanol–water partition coefficient (Wildman–Crippen LogP) is 2.98. The molecule has 11 heteroatoms. The largest absolute Gasteiger partial charge is 0.310 e. The van der Waals surface area contributed by atoms with Gasteiger partial charge in [0, 0.05) is 32.0 Å². The molecular formula is C21H19ClN4O5S. The Kier molecular flexibility index (Phi) is 5.85. The Morgan fingerprint density at radius 2 is 1.94 bits per heavy atom. The van der Waals surface area contributed by atoms with Crippen LogP contribution in [0.3, 0.4) is 0 Å². The number of aromatic nitrogens is 2. The van der Waals surface area contributed by atoms with Crippen LogP contribution in [0.2, 0.25) is 5.02 Å². The SMILES string of the molecule is Cc1ccc(Cc2nc3c(c(=O)[nH]2)CN(S(=O)(=O)c2ccc(Cl)c([N+](=O)[O-])c2)CC3)cc1. The van der Waals surface area contributed by atoms with Crippen LogP contribution in [0.4, 0.5) is 5.69 Å². The molecule has 2 heterocycles. The number of fused-ring (bicyclic) bond motifs is 1. The van der Waals surface area contributed by atoms with Crippen molar-refractivity contribution in [2.45, 2.75) is 31.2 Å². The molecule has 0 atom stereocenters. The van der Waals surface area contributed by atoms with Crippen molar-refractivity contribution in [2.75, 3.05) is 6.54 Å². The summed E-state index contributed by atoms with van der Waals surface area (Å²) in [6.07, 6.45) is 0.717. The van der Waals surface area contributed by atoms with E-state index < -0.39 is 20.6 Å². The quantitative estimate of drug-likeness (QED) is 0.447. The second-order valence-corrected chi connectivity index (χ2v) is 9.90. The molecule has 0 radical (unpaired) electrons. The van der Waals surface area contributed by atoms with Crippen LogP contribution in [0, 0.1) is 17.0 Å². The van der Waals surface area contributed by atoms with Crippen LogP contribution in [0.1, 0.15) is 28.2 Å². The maximum absolute atomic E-state index is 13.1. The van der Waals surface area contributed by atoms with Crippen molar-refractivity contribution in [1.29, 1.82) is 0 Å². The van der Waals surface area contributed by atoms with Gasteiger partial charge in [0.05, 0.1) is 21.1 Å². The molecule has 1 aliphatic rings. The molecule has 0 aliphatic carbocycles. The van der Waals surface area contributed by atoms with E-state index in [0.29, 0.717) is 17.9 Å². The van der Waals surface area contributed by atoms with Crippen molar-refractivity contribution in [3.8, 4) is 0 Å². The normalized spacial score (nSPS) is 14.2. The number of benzene rings is 2. The number of nitrogens with zero attached hydrogens (tertiary/aromatic N) is 3. The van der Waals surface area contributed by atoms with Gasteiger partial charge < -0.3 is 4.98 Å². The average Bonchev–Trinajstić information content (AvgIpc) is 2.75. The second-order valence-electron chi connectivity index (χ2n) is 7.56. The topological polar surface area (TPSA) is 126 Å². The van der Waals surface area contributed by atoms with Crippen LogP contribution >= 0.6 is 11.6 Å². The molecule has 2 aromatic carbocycles. The van der Waals surface area contributed by atoms with Gasteiger partial charge in [-0.2, -0.15) is 4.31 Å². The molecule has 4 rings (SSSR count). The fraction of sp³-hybridized carbons (Fsp3) is 0.238. The maximum atomic E-state index is 13.1. The number of nitrogens with one attached hydrogen (secondary N) is 1. The lowest BCUT2D eigenvalue weighted by Crippen LogP contribution is -2.39. The molecule has 32 heavy (non-hydrogen) atoms. The fourth-order valence-electron chi connectivity index (χ4n) is 3.58. The molecule has 1 aliphatic heterocycles. The van der Waals surface area contributed by atoms with Gasteiger partial charge in [-0.3, -0.25) is 14.9 Å². The molecule has 0 amide bonds. The third-order valence-electron chi connectivity index (χ3n) is 5.33. The van der Waals surface area contributed by atoms with Gasteiger partial charge in [0.25, 0.3) is 11.2 Å². The van der Waals surface area contributed by atoms with Crippen LogP contribution in [0.5, 0.6) is 0 Å². The van der Waals surface area contributed by atoms with E-state index in [1.54, 1.807) is 0 Å². The number of rotatable bonds is 5. The van der Waals surface area contributed by atoms with Gasteiger partial charge in [-0.15, -0.1) is 0 Å². The number of hydrogen-bond donors (Lipinski definition) is 1. The highest BCUT2D eigenvalue weighted by Gasteiger charge is 2.32. The summed E-state index contributed by atoms with van der Waals surface area (Å²) < 4.78 is 27.2. The summed E-state index contributed by atoms with van der Waals surface area (Å²) in [4.78, 5) is 30.1.